The fourth-order valence-corrected chi connectivity index (χ4v) is 5.10. The van der Waals surface area contributed by atoms with Crippen LogP contribution in [0.1, 0.15) is 77.9 Å². The predicted octanol–water partition coefficient (Wildman–Crippen LogP) is 3.60. The molecule has 0 unspecified atom stereocenters. The molecule has 176 valence electrons. The van der Waals surface area contributed by atoms with Crippen molar-refractivity contribution in [1.82, 2.24) is 25.5 Å². The number of nitrogens with one attached hydrogen (secondary N) is 3. The van der Waals surface area contributed by atoms with E-state index < -0.39 is 0 Å². The first-order valence-electron chi connectivity index (χ1n) is 11.7. The number of rotatable bonds is 4. The number of carbonyl (C=O) groups excluding carboxylic acids is 2. The van der Waals surface area contributed by atoms with Crippen molar-refractivity contribution in [3.8, 4) is 11.4 Å². The van der Waals surface area contributed by atoms with Crippen LogP contribution in [-0.4, -0.2) is 38.0 Å². The summed E-state index contributed by atoms with van der Waals surface area (Å²) in [5, 5.41) is 13.4. The van der Waals surface area contributed by atoms with E-state index in [-0.39, 0.29) is 29.2 Å². The van der Waals surface area contributed by atoms with Crippen molar-refractivity contribution in [2.45, 2.75) is 63.8 Å². The van der Waals surface area contributed by atoms with Crippen molar-refractivity contribution in [2.75, 3.05) is 11.1 Å². The van der Waals surface area contributed by atoms with E-state index in [0.717, 1.165) is 36.8 Å². The third-order valence-electron chi connectivity index (χ3n) is 6.73. The topological polar surface area (TPSA) is 139 Å². The molecule has 2 aliphatic carbocycles. The molecule has 2 amide bonds. The molecular formula is C25H29N7O2. The third-order valence-corrected chi connectivity index (χ3v) is 6.73. The monoisotopic (exact) mass is 459 g/mol. The molecule has 34 heavy (non-hydrogen) atoms. The lowest BCUT2D eigenvalue weighted by atomic mass is 9.73. The number of hydrogen-bond donors (Lipinski definition) is 4. The van der Waals surface area contributed by atoms with E-state index in [9.17, 15) is 9.59 Å². The highest BCUT2D eigenvalue weighted by Crippen LogP contribution is 2.42. The Bertz CT molecular complexity index is 1260. The fraction of sp³-hybridized carbons (Fsp3) is 0.400. The van der Waals surface area contributed by atoms with Crippen molar-refractivity contribution in [3.63, 3.8) is 0 Å². The van der Waals surface area contributed by atoms with Gasteiger partial charge in [0.25, 0.3) is 11.8 Å². The van der Waals surface area contributed by atoms with Gasteiger partial charge in [-0.15, -0.1) is 0 Å². The highest BCUT2D eigenvalue weighted by atomic mass is 16.2. The molecule has 0 saturated heterocycles. The van der Waals surface area contributed by atoms with Crippen LogP contribution in [-0.2, 0) is 11.8 Å². The number of benzene rings is 1. The number of aromatic amines is 1. The lowest BCUT2D eigenvalue weighted by molar-refractivity contribution is 0.0926. The van der Waals surface area contributed by atoms with Gasteiger partial charge in [0, 0.05) is 29.1 Å². The van der Waals surface area contributed by atoms with E-state index in [0.29, 0.717) is 34.8 Å². The summed E-state index contributed by atoms with van der Waals surface area (Å²) in [6.07, 6.45) is 7.94. The number of anilines is 2. The Labute approximate surface area is 198 Å². The minimum atomic E-state index is -0.358. The summed E-state index contributed by atoms with van der Waals surface area (Å²) in [6, 6.07) is 7.22. The summed E-state index contributed by atoms with van der Waals surface area (Å²) in [6.45, 7) is 4.13. The van der Waals surface area contributed by atoms with Gasteiger partial charge >= 0.3 is 0 Å². The average Bonchev–Trinajstić information content (AvgIpc) is 3.28. The third kappa shape index (κ3) is 4.13. The van der Waals surface area contributed by atoms with Gasteiger partial charge in [0.05, 0.1) is 5.69 Å². The molecule has 2 heterocycles. The molecule has 9 nitrogen and oxygen atoms in total. The van der Waals surface area contributed by atoms with E-state index >= 15 is 0 Å². The molecule has 0 atom stereocenters. The Hall–Kier alpha value is -3.75. The van der Waals surface area contributed by atoms with Crippen molar-refractivity contribution < 1.29 is 9.59 Å². The molecule has 5 rings (SSSR count). The lowest BCUT2D eigenvalue weighted by Gasteiger charge is -2.30. The zero-order valence-corrected chi connectivity index (χ0v) is 19.4. The van der Waals surface area contributed by atoms with E-state index in [1.807, 2.05) is 0 Å². The van der Waals surface area contributed by atoms with Crippen molar-refractivity contribution in [3.05, 3.63) is 52.8 Å². The smallest absolute Gasteiger partial charge is 0.273 e. The second-order valence-electron chi connectivity index (χ2n) is 9.83. The zero-order chi connectivity index (χ0) is 23.9. The SMILES string of the molecule is CC1(C)Cc2cnc(N)nc2-c2n[nH]c(C(=O)Nc3cccc(C(=O)NC4CCCCC4)c3)c21. The Kier molecular flexibility index (Phi) is 5.55. The zero-order valence-electron chi connectivity index (χ0n) is 19.4. The van der Waals surface area contributed by atoms with Crippen LogP contribution in [0.4, 0.5) is 11.6 Å². The first-order valence-corrected chi connectivity index (χ1v) is 11.7. The van der Waals surface area contributed by atoms with Crippen LogP contribution in [0.5, 0.6) is 0 Å². The number of hydrogen-bond acceptors (Lipinski definition) is 6. The summed E-state index contributed by atoms with van der Waals surface area (Å²) in [4.78, 5) is 34.5. The maximum atomic E-state index is 13.3. The highest BCUT2D eigenvalue weighted by molar-refractivity contribution is 6.06. The number of H-pyrrole nitrogens is 1. The first kappa shape index (κ1) is 22.1. The van der Waals surface area contributed by atoms with Gasteiger partial charge in [-0.3, -0.25) is 14.7 Å². The van der Waals surface area contributed by atoms with E-state index in [1.165, 1.54) is 6.42 Å². The van der Waals surface area contributed by atoms with E-state index in [4.69, 9.17) is 5.73 Å². The molecule has 2 aromatic heterocycles. The molecule has 0 aliphatic heterocycles. The normalized spacial score (nSPS) is 16.9. The molecular weight excluding hydrogens is 430 g/mol. The molecule has 1 saturated carbocycles. The predicted molar refractivity (Wildman–Crippen MR) is 129 cm³/mol. The number of amides is 2. The standard InChI is InChI=1S/C25H29N7O2/c1-25(2)12-15-13-27-24(26)30-19(15)20-18(25)21(32-31-20)23(34)29-17-10-6-7-14(11-17)22(33)28-16-8-4-3-5-9-16/h6-7,10-11,13,16H,3-5,8-9,12H2,1-2H3,(H,28,33)(H,29,34)(H,31,32)(H2,26,27,30). The van der Waals surface area contributed by atoms with Gasteiger partial charge in [-0.25, -0.2) is 9.97 Å². The molecule has 1 aromatic carbocycles. The molecule has 2 aliphatic rings. The molecule has 0 bridgehead atoms. The molecule has 1 fully saturated rings. The largest absolute Gasteiger partial charge is 0.368 e. The van der Waals surface area contributed by atoms with E-state index in [1.54, 1.807) is 30.5 Å². The van der Waals surface area contributed by atoms with Crippen molar-refractivity contribution in [1.29, 1.82) is 0 Å². The summed E-state index contributed by atoms with van der Waals surface area (Å²) in [5.41, 5.74) is 9.90. The number of nitrogen functional groups attached to an aromatic ring is 1. The minimum Gasteiger partial charge on any atom is -0.368 e. The second-order valence-corrected chi connectivity index (χ2v) is 9.83. The number of fused-ring (bicyclic) bond motifs is 3. The molecule has 5 N–H and O–H groups in total. The number of nitrogens with two attached hydrogens (primary N) is 1. The summed E-state index contributed by atoms with van der Waals surface area (Å²) >= 11 is 0. The van der Waals surface area contributed by atoms with Gasteiger partial charge in [-0.2, -0.15) is 5.10 Å². The van der Waals surface area contributed by atoms with Crippen LogP contribution < -0.4 is 16.4 Å². The van der Waals surface area contributed by atoms with Gasteiger partial charge in [-0.1, -0.05) is 39.2 Å². The fourth-order valence-electron chi connectivity index (χ4n) is 5.10. The van der Waals surface area contributed by atoms with Crippen LogP contribution in [0.15, 0.2) is 30.5 Å². The molecule has 0 spiro atoms. The average molecular weight is 460 g/mol. The van der Waals surface area contributed by atoms with Gasteiger partial charge in [0.2, 0.25) is 5.95 Å². The summed E-state index contributed by atoms with van der Waals surface area (Å²) < 4.78 is 0. The maximum absolute atomic E-state index is 13.3. The minimum absolute atomic E-state index is 0.114. The van der Waals surface area contributed by atoms with Crippen LogP contribution in [0, 0.1) is 0 Å². The van der Waals surface area contributed by atoms with Gasteiger partial charge in [-0.05, 0) is 48.4 Å². The lowest BCUT2D eigenvalue weighted by Crippen LogP contribution is -2.36. The number of nitrogens with zero attached hydrogens (tertiary/aromatic N) is 3. The van der Waals surface area contributed by atoms with E-state index in [2.05, 4.69) is 44.6 Å². The number of aromatic nitrogens is 4. The Morgan fingerprint density at radius 1 is 1.12 bits per heavy atom. The maximum Gasteiger partial charge on any atom is 0.273 e. The second kappa shape index (κ2) is 8.55. The molecule has 9 heteroatoms. The number of carbonyl (C=O) groups is 2. The van der Waals surface area contributed by atoms with Gasteiger partial charge < -0.3 is 16.4 Å². The van der Waals surface area contributed by atoms with Crippen LogP contribution >= 0.6 is 0 Å². The summed E-state index contributed by atoms with van der Waals surface area (Å²) in [5.74, 6) is -0.268. The Morgan fingerprint density at radius 2 is 1.91 bits per heavy atom. The quantitative estimate of drug-likeness (QED) is 0.470. The molecule has 0 radical (unpaired) electrons. The highest BCUT2D eigenvalue weighted by Gasteiger charge is 2.38. The van der Waals surface area contributed by atoms with Crippen molar-refractivity contribution in [2.24, 2.45) is 0 Å². The van der Waals surface area contributed by atoms with Crippen LogP contribution in [0.3, 0.4) is 0 Å². The Morgan fingerprint density at radius 3 is 2.71 bits per heavy atom. The van der Waals surface area contributed by atoms with Gasteiger partial charge in [0.15, 0.2) is 0 Å². The Balaban J connectivity index is 1.38. The first-order chi connectivity index (χ1) is 16.3. The summed E-state index contributed by atoms with van der Waals surface area (Å²) in [7, 11) is 0. The molecule has 3 aromatic rings. The van der Waals surface area contributed by atoms with Crippen molar-refractivity contribution >= 4 is 23.5 Å². The van der Waals surface area contributed by atoms with Crippen LogP contribution in [0.25, 0.3) is 11.4 Å². The van der Waals surface area contributed by atoms with Crippen LogP contribution in [0.2, 0.25) is 0 Å². The van der Waals surface area contributed by atoms with Gasteiger partial charge in [0.1, 0.15) is 11.4 Å².